The van der Waals surface area contributed by atoms with Gasteiger partial charge in [0.05, 0.1) is 17.5 Å². The molecule has 1 atom stereocenters. The average molecular weight is 548 g/mol. The lowest BCUT2D eigenvalue weighted by atomic mass is 10.1. The number of carbonyl (C=O) groups is 2. The van der Waals surface area contributed by atoms with Gasteiger partial charge in [-0.25, -0.2) is 9.78 Å². The number of nitrogens with zero attached hydrogens (tertiary/aromatic N) is 1. The van der Waals surface area contributed by atoms with E-state index in [0.29, 0.717) is 36.1 Å². The SMILES string of the molecule is CCOCCNC1=CCC(NC(=O)c2nc(-c3ccc(OC(C)(C)C(=O)O)cc3)sc2-c2ccccc2)C=C1. The Morgan fingerprint density at radius 3 is 2.49 bits per heavy atom. The van der Waals surface area contributed by atoms with Crippen molar-refractivity contribution in [2.45, 2.75) is 38.8 Å². The third kappa shape index (κ3) is 7.34. The highest BCUT2D eigenvalue weighted by atomic mass is 32.1. The Bertz CT molecular complexity index is 1350. The zero-order valence-corrected chi connectivity index (χ0v) is 23.1. The van der Waals surface area contributed by atoms with Gasteiger partial charge in [-0.3, -0.25) is 4.79 Å². The highest BCUT2D eigenvalue weighted by molar-refractivity contribution is 7.18. The number of benzene rings is 2. The van der Waals surface area contributed by atoms with E-state index in [1.165, 1.54) is 25.2 Å². The van der Waals surface area contributed by atoms with Gasteiger partial charge in [0.1, 0.15) is 16.5 Å². The van der Waals surface area contributed by atoms with Crippen molar-refractivity contribution in [3.05, 3.63) is 84.2 Å². The third-order valence-electron chi connectivity index (χ3n) is 6.06. The number of nitrogens with one attached hydrogen (secondary N) is 2. The van der Waals surface area contributed by atoms with E-state index in [1.807, 2.05) is 61.5 Å². The van der Waals surface area contributed by atoms with Crippen LogP contribution >= 0.6 is 11.3 Å². The molecule has 0 bridgehead atoms. The number of thiazole rings is 1. The Morgan fingerprint density at radius 2 is 1.85 bits per heavy atom. The van der Waals surface area contributed by atoms with Crippen LogP contribution in [0.5, 0.6) is 5.75 Å². The number of aromatic nitrogens is 1. The molecule has 1 aliphatic carbocycles. The van der Waals surface area contributed by atoms with Crippen molar-refractivity contribution < 1.29 is 24.2 Å². The molecule has 0 saturated carbocycles. The Labute approximate surface area is 232 Å². The van der Waals surface area contributed by atoms with Gasteiger partial charge < -0.3 is 25.2 Å². The van der Waals surface area contributed by atoms with Crippen LogP contribution in [0.2, 0.25) is 0 Å². The lowest BCUT2D eigenvalue weighted by Gasteiger charge is -2.21. The van der Waals surface area contributed by atoms with Crippen molar-refractivity contribution in [1.29, 1.82) is 0 Å². The molecule has 0 radical (unpaired) electrons. The van der Waals surface area contributed by atoms with Gasteiger partial charge in [0.25, 0.3) is 5.91 Å². The minimum absolute atomic E-state index is 0.141. The van der Waals surface area contributed by atoms with Crippen LogP contribution in [0.4, 0.5) is 0 Å². The smallest absolute Gasteiger partial charge is 0.347 e. The van der Waals surface area contributed by atoms with Crippen LogP contribution in [0.1, 0.15) is 37.7 Å². The second-order valence-corrected chi connectivity index (χ2v) is 10.5. The molecule has 1 heterocycles. The largest absolute Gasteiger partial charge is 0.478 e. The molecule has 1 aromatic heterocycles. The molecule has 0 fully saturated rings. The van der Waals surface area contributed by atoms with E-state index in [4.69, 9.17) is 14.5 Å². The molecule has 0 saturated heterocycles. The van der Waals surface area contributed by atoms with Crippen LogP contribution in [0.3, 0.4) is 0 Å². The van der Waals surface area contributed by atoms with Gasteiger partial charge in [0, 0.05) is 24.4 Å². The fourth-order valence-electron chi connectivity index (χ4n) is 3.89. The summed E-state index contributed by atoms with van der Waals surface area (Å²) in [6, 6.07) is 16.6. The lowest BCUT2D eigenvalue weighted by Crippen LogP contribution is -2.37. The standard InChI is InChI=1S/C30H33N3O5S/c1-4-37-19-18-31-22-12-14-23(15-13-22)32-27(34)25-26(20-8-6-5-7-9-20)39-28(33-25)21-10-16-24(17-11-21)38-30(2,3)29(35)36/h5-14,16-17,23,31H,4,15,18-19H2,1-3H3,(H,32,34)(H,35,36). The number of carboxylic acid groups (broad SMARTS) is 1. The maximum absolute atomic E-state index is 13.4. The van der Waals surface area contributed by atoms with E-state index < -0.39 is 11.6 Å². The normalized spacial score (nSPS) is 14.9. The van der Waals surface area contributed by atoms with Crippen LogP contribution in [0.25, 0.3) is 21.0 Å². The van der Waals surface area contributed by atoms with E-state index in [-0.39, 0.29) is 11.9 Å². The minimum Gasteiger partial charge on any atom is -0.478 e. The predicted octanol–water partition coefficient (Wildman–Crippen LogP) is 5.29. The lowest BCUT2D eigenvalue weighted by molar-refractivity contribution is -0.152. The Morgan fingerprint density at radius 1 is 1.10 bits per heavy atom. The zero-order valence-electron chi connectivity index (χ0n) is 22.3. The van der Waals surface area contributed by atoms with Gasteiger partial charge in [-0.1, -0.05) is 42.5 Å². The number of carbonyl (C=O) groups excluding carboxylic acids is 1. The van der Waals surface area contributed by atoms with Crippen molar-refractivity contribution in [2.24, 2.45) is 0 Å². The van der Waals surface area contributed by atoms with Gasteiger partial charge in [0.15, 0.2) is 5.60 Å². The molecule has 9 heteroatoms. The topological polar surface area (TPSA) is 110 Å². The number of carboxylic acids is 1. The van der Waals surface area contributed by atoms with Crippen molar-refractivity contribution in [1.82, 2.24) is 15.6 Å². The van der Waals surface area contributed by atoms with Gasteiger partial charge in [0.2, 0.25) is 0 Å². The first-order chi connectivity index (χ1) is 18.8. The molecule has 3 N–H and O–H groups in total. The van der Waals surface area contributed by atoms with E-state index in [9.17, 15) is 14.7 Å². The first kappa shape index (κ1) is 28.1. The molecule has 1 aliphatic rings. The summed E-state index contributed by atoms with van der Waals surface area (Å²) in [4.78, 5) is 30.3. The summed E-state index contributed by atoms with van der Waals surface area (Å²) in [6.45, 7) is 7.03. The summed E-state index contributed by atoms with van der Waals surface area (Å²) in [5.74, 6) is -0.852. The highest BCUT2D eigenvalue weighted by Crippen LogP contribution is 2.36. The molecule has 1 amide bonds. The number of ether oxygens (including phenoxy) is 2. The maximum Gasteiger partial charge on any atom is 0.347 e. The quantitative estimate of drug-likeness (QED) is 0.264. The fraction of sp³-hybridized carbons (Fsp3) is 0.300. The minimum atomic E-state index is -1.35. The molecule has 204 valence electrons. The molecule has 1 unspecified atom stereocenters. The van der Waals surface area contributed by atoms with Crippen molar-refractivity contribution in [3.8, 4) is 26.8 Å². The zero-order chi connectivity index (χ0) is 27.8. The highest BCUT2D eigenvalue weighted by Gasteiger charge is 2.29. The molecule has 0 spiro atoms. The van der Waals surface area contributed by atoms with E-state index in [1.54, 1.807) is 12.1 Å². The Kier molecular flexibility index (Phi) is 9.16. The molecule has 3 aromatic rings. The summed E-state index contributed by atoms with van der Waals surface area (Å²) < 4.78 is 11.0. The summed E-state index contributed by atoms with van der Waals surface area (Å²) in [7, 11) is 0. The van der Waals surface area contributed by atoms with E-state index in [0.717, 1.165) is 28.2 Å². The number of allylic oxidation sites excluding steroid dienone is 1. The first-order valence-corrected chi connectivity index (χ1v) is 13.7. The molecular formula is C30H33N3O5S. The van der Waals surface area contributed by atoms with Crippen LogP contribution in [-0.2, 0) is 9.53 Å². The summed E-state index contributed by atoms with van der Waals surface area (Å²) >= 11 is 1.43. The molecule has 2 aromatic carbocycles. The summed E-state index contributed by atoms with van der Waals surface area (Å²) in [6.07, 6.45) is 6.69. The van der Waals surface area contributed by atoms with Crippen LogP contribution in [-0.4, -0.2) is 53.4 Å². The first-order valence-electron chi connectivity index (χ1n) is 12.9. The second kappa shape index (κ2) is 12.7. The fourth-order valence-corrected chi connectivity index (χ4v) is 4.97. The van der Waals surface area contributed by atoms with E-state index >= 15 is 0 Å². The number of aliphatic carboxylic acids is 1. The number of amides is 1. The van der Waals surface area contributed by atoms with Crippen LogP contribution < -0.4 is 15.4 Å². The molecule has 4 rings (SSSR count). The van der Waals surface area contributed by atoms with E-state index in [2.05, 4.69) is 16.7 Å². The van der Waals surface area contributed by atoms with Gasteiger partial charge in [-0.2, -0.15) is 0 Å². The molecule has 0 aliphatic heterocycles. The summed E-state index contributed by atoms with van der Waals surface area (Å²) in [5.41, 5.74) is 1.75. The monoisotopic (exact) mass is 547 g/mol. The maximum atomic E-state index is 13.4. The average Bonchev–Trinajstić information content (AvgIpc) is 3.38. The number of hydrogen-bond donors (Lipinski definition) is 3. The predicted molar refractivity (Wildman–Crippen MR) is 153 cm³/mol. The van der Waals surface area contributed by atoms with Crippen LogP contribution in [0.15, 0.2) is 78.5 Å². The number of rotatable bonds is 12. The van der Waals surface area contributed by atoms with Gasteiger partial charge in [-0.15, -0.1) is 11.3 Å². The summed E-state index contributed by atoms with van der Waals surface area (Å²) in [5, 5.41) is 16.4. The second-order valence-electron chi connectivity index (χ2n) is 9.46. The molecule has 8 nitrogen and oxygen atoms in total. The Balaban J connectivity index is 1.50. The third-order valence-corrected chi connectivity index (χ3v) is 7.22. The van der Waals surface area contributed by atoms with Crippen molar-refractivity contribution >= 4 is 23.2 Å². The van der Waals surface area contributed by atoms with Crippen molar-refractivity contribution in [3.63, 3.8) is 0 Å². The van der Waals surface area contributed by atoms with Crippen LogP contribution in [0, 0.1) is 0 Å². The molecular weight excluding hydrogens is 514 g/mol. The number of hydrogen-bond acceptors (Lipinski definition) is 7. The van der Waals surface area contributed by atoms with Crippen molar-refractivity contribution in [2.75, 3.05) is 19.8 Å². The van der Waals surface area contributed by atoms with Gasteiger partial charge >= 0.3 is 5.97 Å². The van der Waals surface area contributed by atoms with Gasteiger partial charge in [-0.05, 0) is 63.1 Å². The molecule has 39 heavy (non-hydrogen) atoms. The Hall–Kier alpha value is -3.95.